The first kappa shape index (κ1) is 15.4. The molecule has 0 aromatic heterocycles. The monoisotopic (exact) mass is 304 g/mol. The molecule has 3 N–H and O–H groups in total. The molecule has 4 nitrogen and oxygen atoms in total. The second-order valence-electron chi connectivity index (χ2n) is 4.93. The van der Waals surface area contributed by atoms with Gasteiger partial charge in [0.05, 0.1) is 5.69 Å². The van der Waals surface area contributed by atoms with Crippen molar-refractivity contribution in [2.45, 2.75) is 19.4 Å². The maximum Gasteiger partial charge on any atom is 0.235 e. The lowest BCUT2D eigenvalue weighted by atomic mass is 9.87. The zero-order valence-electron chi connectivity index (χ0n) is 11.9. The van der Waals surface area contributed by atoms with Crippen molar-refractivity contribution in [1.29, 1.82) is 0 Å². The number of hydrazine groups is 1. The van der Waals surface area contributed by atoms with E-state index >= 15 is 0 Å². The Labute approximate surface area is 128 Å². The number of halogens is 1. The minimum atomic E-state index is -1.24. The van der Waals surface area contributed by atoms with Crippen molar-refractivity contribution < 1.29 is 9.90 Å². The van der Waals surface area contributed by atoms with Crippen LogP contribution in [0.1, 0.15) is 25.0 Å². The minimum Gasteiger partial charge on any atom is -0.381 e. The standard InChI is InChI=1S/C16H17ClN2O2/c1-11(20)18-19-15-9-8-13(17)10-14(15)16(2,21)12-6-4-3-5-7-12/h3-10,19,21H,1-2H3,(H,18,20). The van der Waals surface area contributed by atoms with Gasteiger partial charge in [-0.25, -0.2) is 0 Å². The van der Waals surface area contributed by atoms with Gasteiger partial charge in [-0.05, 0) is 30.7 Å². The molecule has 0 saturated heterocycles. The molecule has 0 bridgehead atoms. The lowest BCUT2D eigenvalue weighted by Gasteiger charge is -2.27. The number of hydrogen-bond donors (Lipinski definition) is 3. The molecule has 5 heteroatoms. The summed E-state index contributed by atoms with van der Waals surface area (Å²) in [5, 5.41) is 11.4. The number of aliphatic hydroxyl groups is 1. The van der Waals surface area contributed by atoms with Crippen molar-refractivity contribution in [3.8, 4) is 0 Å². The van der Waals surface area contributed by atoms with Crippen molar-refractivity contribution in [3.63, 3.8) is 0 Å². The van der Waals surface area contributed by atoms with Gasteiger partial charge in [0.2, 0.25) is 5.91 Å². The predicted octanol–water partition coefficient (Wildman–Crippen LogP) is 3.06. The van der Waals surface area contributed by atoms with Gasteiger partial charge in [-0.2, -0.15) is 0 Å². The molecule has 0 fully saturated rings. The highest BCUT2D eigenvalue weighted by Crippen LogP contribution is 2.35. The van der Waals surface area contributed by atoms with Gasteiger partial charge in [0, 0.05) is 17.5 Å². The molecule has 0 radical (unpaired) electrons. The van der Waals surface area contributed by atoms with Crippen molar-refractivity contribution in [3.05, 3.63) is 64.7 Å². The highest BCUT2D eigenvalue weighted by molar-refractivity contribution is 6.30. The number of rotatable bonds is 4. The first-order chi connectivity index (χ1) is 9.91. The molecule has 0 saturated carbocycles. The van der Waals surface area contributed by atoms with E-state index in [1.54, 1.807) is 25.1 Å². The number of carbonyl (C=O) groups excluding carboxylic acids is 1. The van der Waals surface area contributed by atoms with E-state index < -0.39 is 5.60 Å². The highest BCUT2D eigenvalue weighted by atomic mass is 35.5. The first-order valence-electron chi connectivity index (χ1n) is 6.52. The van der Waals surface area contributed by atoms with Crippen LogP contribution in [-0.4, -0.2) is 11.0 Å². The van der Waals surface area contributed by atoms with Crippen LogP contribution in [0.15, 0.2) is 48.5 Å². The SMILES string of the molecule is CC(=O)NNc1ccc(Cl)cc1C(C)(O)c1ccccc1. The maximum atomic E-state index is 11.1. The van der Waals surface area contributed by atoms with Gasteiger partial charge in [-0.1, -0.05) is 41.9 Å². The fraction of sp³-hybridized carbons (Fsp3) is 0.188. The van der Waals surface area contributed by atoms with Crippen LogP contribution in [0.25, 0.3) is 0 Å². The van der Waals surface area contributed by atoms with E-state index in [4.69, 9.17) is 11.6 Å². The zero-order valence-corrected chi connectivity index (χ0v) is 12.6. The molecule has 21 heavy (non-hydrogen) atoms. The summed E-state index contributed by atoms with van der Waals surface area (Å²) in [4.78, 5) is 11.1. The van der Waals surface area contributed by atoms with E-state index in [2.05, 4.69) is 10.9 Å². The summed E-state index contributed by atoms with van der Waals surface area (Å²) in [7, 11) is 0. The van der Waals surface area contributed by atoms with Crippen LogP contribution in [0.2, 0.25) is 5.02 Å². The van der Waals surface area contributed by atoms with Gasteiger partial charge in [0.25, 0.3) is 0 Å². The van der Waals surface area contributed by atoms with Gasteiger partial charge in [-0.15, -0.1) is 0 Å². The Kier molecular flexibility index (Phi) is 4.50. The molecule has 0 aliphatic carbocycles. The average Bonchev–Trinajstić information content (AvgIpc) is 2.46. The minimum absolute atomic E-state index is 0.227. The van der Waals surface area contributed by atoms with Gasteiger partial charge in [-0.3, -0.25) is 15.6 Å². The van der Waals surface area contributed by atoms with Crippen molar-refractivity contribution in [1.82, 2.24) is 5.43 Å². The maximum absolute atomic E-state index is 11.1. The van der Waals surface area contributed by atoms with Gasteiger partial charge < -0.3 is 5.11 Å². The van der Waals surface area contributed by atoms with Gasteiger partial charge in [0.1, 0.15) is 5.60 Å². The van der Waals surface area contributed by atoms with Crippen molar-refractivity contribution >= 4 is 23.2 Å². The molecule has 0 aliphatic rings. The van der Waals surface area contributed by atoms with Crippen LogP contribution in [0, 0.1) is 0 Å². The third kappa shape index (κ3) is 3.54. The summed E-state index contributed by atoms with van der Waals surface area (Å²) in [6, 6.07) is 14.4. The summed E-state index contributed by atoms with van der Waals surface area (Å²) in [6.07, 6.45) is 0. The largest absolute Gasteiger partial charge is 0.381 e. The Morgan fingerprint density at radius 3 is 2.48 bits per heavy atom. The van der Waals surface area contributed by atoms with Crippen molar-refractivity contribution in [2.75, 3.05) is 5.43 Å². The second-order valence-corrected chi connectivity index (χ2v) is 5.37. The fourth-order valence-electron chi connectivity index (χ4n) is 2.10. The first-order valence-corrected chi connectivity index (χ1v) is 6.89. The number of nitrogens with one attached hydrogen (secondary N) is 2. The van der Waals surface area contributed by atoms with E-state index in [1.165, 1.54) is 6.92 Å². The van der Waals surface area contributed by atoms with Crippen LogP contribution in [0.4, 0.5) is 5.69 Å². The molecular formula is C16H17ClN2O2. The van der Waals surface area contributed by atoms with Gasteiger partial charge in [0.15, 0.2) is 0 Å². The third-order valence-electron chi connectivity index (χ3n) is 3.22. The Morgan fingerprint density at radius 2 is 1.86 bits per heavy atom. The van der Waals surface area contributed by atoms with E-state index in [-0.39, 0.29) is 5.91 Å². The van der Waals surface area contributed by atoms with Gasteiger partial charge >= 0.3 is 0 Å². The van der Waals surface area contributed by atoms with E-state index in [1.807, 2.05) is 30.3 Å². The molecule has 1 amide bonds. The van der Waals surface area contributed by atoms with Crippen LogP contribution < -0.4 is 10.9 Å². The third-order valence-corrected chi connectivity index (χ3v) is 3.45. The predicted molar refractivity (Wildman–Crippen MR) is 84.0 cm³/mol. The molecule has 2 aromatic rings. The summed E-state index contributed by atoms with van der Waals surface area (Å²) < 4.78 is 0. The zero-order chi connectivity index (χ0) is 15.5. The Bertz CT molecular complexity index is 642. The lowest BCUT2D eigenvalue weighted by Crippen LogP contribution is -2.30. The van der Waals surface area contributed by atoms with E-state index in [0.29, 0.717) is 16.3 Å². The quantitative estimate of drug-likeness (QED) is 0.761. The van der Waals surface area contributed by atoms with Crippen molar-refractivity contribution in [2.24, 2.45) is 0 Å². The van der Waals surface area contributed by atoms with Crippen LogP contribution in [0.5, 0.6) is 0 Å². The number of benzene rings is 2. The molecule has 0 spiro atoms. The molecule has 1 atom stereocenters. The molecule has 0 aliphatic heterocycles. The molecule has 2 aromatic carbocycles. The highest BCUT2D eigenvalue weighted by Gasteiger charge is 2.28. The number of hydrogen-bond acceptors (Lipinski definition) is 3. The summed E-state index contributed by atoms with van der Waals surface area (Å²) in [5.41, 5.74) is 5.96. The Hall–Kier alpha value is -2.04. The summed E-state index contributed by atoms with van der Waals surface area (Å²) >= 11 is 6.05. The van der Waals surface area contributed by atoms with E-state index in [0.717, 1.165) is 5.56 Å². The Morgan fingerprint density at radius 1 is 1.19 bits per heavy atom. The summed E-state index contributed by atoms with van der Waals surface area (Å²) in [5.74, 6) is -0.227. The second kappa shape index (κ2) is 6.16. The molecule has 0 heterocycles. The number of amides is 1. The lowest BCUT2D eigenvalue weighted by molar-refractivity contribution is -0.118. The smallest absolute Gasteiger partial charge is 0.235 e. The average molecular weight is 305 g/mol. The number of carbonyl (C=O) groups is 1. The topological polar surface area (TPSA) is 61.4 Å². The number of anilines is 1. The fourth-order valence-corrected chi connectivity index (χ4v) is 2.27. The molecule has 2 rings (SSSR count). The van der Waals surface area contributed by atoms with E-state index in [9.17, 15) is 9.90 Å². The summed E-state index contributed by atoms with van der Waals surface area (Å²) in [6.45, 7) is 3.09. The van der Waals surface area contributed by atoms with Crippen LogP contribution in [0.3, 0.4) is 0 Å². The Balaban J connectivity index is 2.46. The van der Waals surface area contributed by atoms with Crippen LogP contribution in [-0.2, 0) is 10.4 Å². The normalized spacial score (nSPS) is 13.3. The molecular weight excluding hydrogens is 288 g/mol. The van der Waals surface area contributed by atoms with Crippen LogP contribution >= 0.6 is 11.6 Å². The molecule has 110 valence electrons. The molecule has 1 unspecified atom stereocenters.